The number of carbonyl (C=O) groups is 1. The van der Waals surface area contributed by atoms with E-state index in [-0.39, 0.29) is 11.6 Å². The molecule has 0 spiro atoms. The third-order valence-electron chi connectivity index (χ3n) is 3.93. The van der Waals surface area contributed by atoms with E-state index in [4.69, 9.17) is 9.47 Å². The minimum absolute atomic E-state index is 0.0534. The van der Waals surface area contributed by atoms with Gasteiger partial charge in [0.05, 0.1) is 0 Å². The zero-order valence-corrected chi connectivity index (χ0v) is 14.9. The monoisotopic (exact) mass is 357 g/mol. The van der Waals surface area contributed by atoms with Gasteiger partial charge < -0.3 is 19.9 Å². The predicted octanol–water partition coefficient (Wildman–Crippen LogP) is 2.99. The van der Waals surface area contributed by atoms with Gasteiger partial charge in [0.1, 0.15) is 17.8 Å². The number of alkyl halides is 2. The van der Waals surface area contributed by atoms with Gasteiger partial charge >= 0.3 is 6.16 Å². The first-order valence-electron chi connectivity index (χ1n) is 8.24. The van der Waals surface area contributed by atoms with Crippen molar-refractivity contribution in [2.45, 2.75) is 63.9 Å². The lowest BCUT2D eigenvalue weighted by atomic mass is 9.99. The van der Waals surface area contributed by atoms with Crippen molar-refractivity contribution in [3.63, 3.8) is 0 Å². The molecule has 140 valence electrons. The lowest BCUT2D eigenvalue weighted by Crippen LogP contribution is -2.37. The molecule has 25 heavy (non-hydrogen) atoms. The molecule has 0 aliphatic carbocycles. The number of halogens is 2. The van der Waals surface area contributed by atoms with Gasteiger partial charge in [-0.25, -0.2) is 13.6 Å². The number of aliphatic hydroxyl groups excluding tert-OH is 1. The Balaban J connectivity index is 1.91. The smallest absolute Gasteiger partial charge is 0.429 e. The van der Waals surface area contributed by atoms with E-state index in [2.05, 4.69) is 5.32 Å². The van der Waals surface area contributed by atoms with Crippen molar-refractivity contribution in [2.24, 2.45) is 0 Å². The van der Waals surface area contributed by atoms with Crippen molar-refractivity contribution >= 4 is 6.16 Å². The number of rotatable bonds is 4. The molecule has 1 heterocycles. The van der Waals surface area contributed by atoms with Crippen LogP contribution in [0, 0.1) is 0 Å². The quantitative estimate of drug-likeness (QED) is 0.811. The minimum atomic E-state index is -2.88. The van der Waals surface area contributed by atoms with Crippen molar-refractivity contribution < 1.29 is 28.2 Å². The Kier molecular flexibility index (Phi) is 5.68. The summed E-state index contributed by atoms with van der Waals surface area (Å²) in [5.74, 6) is -2.88. The van der Waals surface area contributed by atoms with Gasteiger partial charge in [0.15, 0.2) is 0 Å². The number of hydrogen-bond acceptors (Lipinski definition) is 5. The average Bonchev–Trinajstić information content (AvgIpc) is 2.78. The molecule has 1 aromatic rings. The summed E-state index contributed by atoms with van der Waals surface area (Å²) < 4.78 is 36.7. The summed E-state index contributed by atoms with van der Waals surface area (Å²) in [6.45, 7) is 6.33. The molecule has 0 saturated carbocycles. The van der Waals surface area contributed by atoms with Gasteiger partial charge in [-0.3, -0.25) is 0 Å². The van der Waals surface area contributed by atoms with Gasteiger partial charge in [-0.1, -0.05) is 24.3 Å². The van der Waals surface area contributed by atoms with Gasteiger partial charge in [-0.05, 0) is 32.8 Å². The summed E-state index contributed by atoms with van der Waals surface area (Å²) in [6, 6.07) is 5.66. The summed E-state index contributed by atoms with van der Waals surface area (Å²) in [6.07, 6.45) is -2.00. The van der Waals surface area contributed by atoms with Gasteiger partial charge in [0, 0.05) is 25.1 Å². The van der Waals surface area contributed by atoms with E-state index in [9.17, 15) is 18.7 Å². The third-order valence-corrected chi connectivity index (χ3v) is 3.93. The van der Waals surface area contributed by atoms with Crippen LogP contribution in [-0.2, 0) is 21.8 Å². The van der Waals surface area contributed by atoms with E-state index >= 15 is 0 Å². The van der Waals surface area contributed by atoms with Crippen molar-refractivity contribution in [1.82, 2.24) is 5.32 Å². The fourth-order valence-electron chi connectivity index (χ4n) is 2.66. The largest absolute Gasteiger partial charge is 0.509 e. The molecule has 1 aliphatic heterocycles. The molecule has 5 nitrogen and oxygen atoms in total. The molecule has 1 aliphatic rings. The normalized spacial score (nSPS) is 24.2. The first kappa shape index (κ1) is 19.6. The molecule has 0 aromatic heterocycles. The number of nitrogens with one attached hydrogen (secondary N) is 1. The lowest BCUT2D eigenvalue weighted by Gasteiger charge is -2.22. The Labute approximate surface area is 146 Å². The molecule has 7 heteroatoms. The summed E-state index contributed by atoms with van der Waals surface area (Å²) in [4.78, 5) is 11.7. The van der Waals surface area contributed by atoms with Crippen LogP contribution in [0.4, 0.5) is 13.6 Å². The second-order valence-corrected chi connectivity index (χ2v) is 7.42. The van der Waals surface area contributed by atoms with Gasteiger partial charge in [-0.2, -0.15) is 0 Å². The molecule has 0 bridgehead atoms. The van der Waals surface area contributed by atoms with Crippen LogP contribution >= 0.6 is 0 Å². The van der Waals surface area contributed by atoms with Crippen molar-refractivity contribution in [3.8, 4) is 0 Å². The van der Waals surface area contributed by atoms with Crippen molar-refractivity contribution in [1.29, 1.82) is 0 Å². The standard InChI is InChI=1S/C18H25F2NO4/c1-17(2,3)25-16(23)24-14-10-21-13(15(14)22)9-11-5-7-12(8-6-11)18(4,19)20/h5-8,13-15,21-22H,9-10H2,1-4H3/t13-,14+,15+/m1/s1. The van der Waals surface area contributed by atoms with E-state index in [1.54, 1.807) is 32.9 Å². The molecule has 0 amide bonds. The maximum Gasteiger partial charge on any atom is 0.509 e. The van der Waals surface area contributed by atoms with Gasteiger partial charge in [0.2, 0.25) is 0 Å². The molecule has 0 unspecified atom stereocenters. The molecular weight excluding hydrogens is 332 g/mol. The van der Waals surface area contributed by atoms with Crippen LogP contribution in [0.2, 0.25) is 0 Å². The Morgan fingerprint density at radius 3 is 2.36 bits per heavy atom. The maximum atomic E-state index is 13.2. The Hall–Kier alpha value is -1.73. The summed E-state index contributed by atoms with van der Waals surface area (Å²) >= 11 is 0. The number of benzene rings is 1. The van der Waals surface area contributed by atoms with E-state index in [0.717, 1.165) is 12.5 Å². The number of aliphatic hydroxyl groups is 1. The molecule has 2 rings (SSSR count). The van der Waals surface area contributed by atoms with E-state index in [0.29, 0.717) is 13.0 Å². The van der Waals surface area contributed by atoms with Crippen LogP contribution in [0.1, 0.15) is 38.8 Å². The van der Waals surface area contributed by atoms with Crippen LogP contribution in [0.3, 0.4) is 0 Å². The Morgan fingerprint density at radius 2 is 1.84 bits per heavy atom. The molecule has 0 radical (unpaired) electrons. The number of carbonyl (C=O) groups excluding carboxylic acids is 1. The maximum absolute atomic E-state index is 13.2. The topological polar surface area (TPSA) is 67.8 Å². The fourth-order valence-corrected chi connectivity index (χ4v) is 2.66. The molecule has 1 aromatic carbocycles. The molecule has 1 fully saturated rings. The summed E-state index contributed by atoms with van der Waals surface area (Å²) in [7, 11) is 0. The van der Waals surface area contributed by atoms with Crippen molar-refractivity contribution in [2.75, 3.05) is 6.54 Å². The van der Waals surface area contributed by atoms with Gasteiger partial charge in [0.25, 0.3) is 5.92 Å². The molecule has 1 saturated heterocycles. The lowest BCUT2D eigenvalue weighted by molar-refractivity contribution is -0.0486. The van der Waals surface area contributed by atoms with E-state index < -0.39 is 29.9 Å². The Bertz CT molecular complexity index is 593. The highest BCUT2D eigenvalue weighted by atomic mass is 19.3. The molecule has 2 N–H and O–H groups in total. The first-order chi connectivity index (χ1) is 11.5. The molecule has 3 atom stereocenters. The van der Waals surface area contributed by atoms with Crippen molar-refractivity contribution in [3.05, 3.63) is 35.4 Å². The van der Waals surface area contributed by atoms with Gasteiger partial charge in [-0.15, -0.1) is 0 Å². The highest BCUT2D eigenvalue weighted by Gasteiger charge is 2.38. The van der Waals surface area contributed by atoms with Crippen LogP contribution in [0.15, 0.2) is 24.3 Å². The van der Waals surface area contributed by atoms with Crippen LogP contribution in [0.5, 0.6) is 0 Å². The Morgan fingerprint density at radius 1 is 1.24 bits per heavy atom. The SMILES string of the molecule is CC(C)(C)OC(=O)O[C@H]1CN[C@H](Cc2ccc(C(C)(F)F)cc2)[C@@H]1O. The number of hydrogen-bond donors (Lipinski definition) is 2. The zero-order chi connectivity index (χ0) is 18.8. The first-order valence-corrected chi connectivity index (χ1v) is 8.24. The van der Waals surface area contributed by atoms with Crippen LogP contribution in [-0.4, -0.2) is 41.7 Å². The highest BCUT2D eigenvalue weighted by molar-refractivity contribution is 5.60. The average molecular weight is 357 g/mol. The minimum Gasteiger partial charge on any atom is -0.429 e. The summed E-state index contributed by atoms with van der Waals surface area (Å²) in [5.41, 5.74) is 0.0843. The van der Waals surface area contributed by atoms with E-state index in [1.165, 1.54) is 12.1 Å². The van der Waals surface area contributed by atoms with Crippen LogP contribution in [0.25, 0.3) is 0 Å². The number of ether oxygens (including phenoxy) is 2. The molecular formula is C18H25F2NO4. The zero-order valence-electron chi connectivity index (χ0n) is 14.9. The highest BCUT2D eigenvalue weighted by Crippen LogP contribution is 2.27. The summed E-state index contributed by atoms with van der Waals surface area (Å²) in [5, 5.41) is 13.4. The van der Waals surface area contributed by atoms with E-state index in [1.807, 2.05) is 0 Å². The second kappa shape index (κ2) is 7.25. The predicted molar refractivity (Wildman–Crippen MR) is 88.6 cm³/mol. The van der Waals surface area contributed by atoms with Crippen LogP contribution < -0.4 is 5.32 Å². The second-order valence-electron chi connectivity index (χ2n) is 7.42. The fraction of sp³-hybridized carbons (Fsp3) is 0.611. The third kappa shape index (κ3) is 5.64.